The SMILES string of the molecule is CCC(C)(C)CNCCOc1cccc(C(=O)O)c1. The van der Waals surface area contributed by atoms with E-state index in [2.05, 4.69) is 26.1 Å². The van der Waals surface area contributed by atoms with Crippen LogP contribution in [0.3, 0.4) is 0 Å². The number of carboxylic acids is 1. The van der Waals surface area contributed by atoms with Crippen LogP contribution in [-0.4, -0.2) is 30.8 Å². The van der Waals surface area contributed by atoms with Crippen LogP contribution in [0.5, 0.6) is 5.75 Å². The van der Waals surface area contributed by atoms with Crippen molar-refractivity contribution < 1.29 is 14.6 Å². The minimum Gasteiger partial charge on any atom is -0.492 e. The molecule has 0 heterocycles. The average molecular weight is 265 g/mol. The first kappa shape index (κ1) is 15.5. The molecule has 0 bridgehead atoms. The maximum Gasteiger partial charge on any atom is 0.335 e. The minimum atomic E-state index is -0.937. The lowest BCUT2D eigenvalue weighted by molar-refractivity contribution is 0.0696. The van der Waals surface area contributed by atoms with Crippen molar-refractivity contribution in [2.24, 2.45) is 5.41 Å². The molecular weight excluding hydrogens is 242 g/mol. The van der Waals surface area contributed by atoms with E-state index in [1.807, 2.05) is 0 Å². The number of ether oxygens (including phenoxy) is 1. The molecule has 0 aliphatic heterocycles. The number of carbonyl (C=O) groups is 1. The van der Waals surface area contributed by atoms with Crippen molar-refractivity contribution in [1.29, 1.82) is 0 Å². The Morgan fingerprint density at radius 3 is 2.79 bits per heavy atom. The van der Waals surface area contributed by atoms with Crippen LogP contribution in [0.25, 0.3) is 0 Å². The van der Waals surface area contributed by atoms with E-state index < -0.39 is 5.97 Å². The summed E-state index contributed by atoms with van der Waals surface area (Å²) in [4.78, 5) is 10.8. The smallest absolute Gasteiger partial charge is 0.335 e. The van der Waals surface area contributed by atoms with Gasteiger partial charge >= 0.3 is 5.97 Å². The number of nitrogens with one attached hydrogen (secondary N) is 1. The van der Waals surface area contributed by atoms with Gasteiger partial charge < -0.3 is 15.2 Å². The van der Waals surface area contributed by atoms with E-state index in [1.165, 1.54) is 6.07 Å². The summed E-state index contributed by atoms with van der Waals surface area (Å²) in [6, 6.07) is 6.55. The highest BCUT2D eigenvalue weighted by Crippen LogP contribution is 2.17. The summed E-state index contributed by atoms with van der Waals surface area (Å²) in [6.07, 6.45) is 1.13. The summed E-state index contributed by atoms with van der Waals surface area (Å²) < 4.78 is 5.52. The van der Waals surface area contributed by atoms with Gasteiger partial charge in [-0.25, -0.2) is 4.79 Å². The highest BCUT2D eigenvalue weighted by molar-refractivity contribution is 5.87. The first-order chi connectivity index (χ1) is 8.94. The van der Waals surface area contributed by atoms with Gasteiger partial charge in [-0.3, -0.25) is 0 Å². The van der Waals surface area contributed by atoms with Gasteiger partial charge in [0.1, 0.15) is 12.4 Å². The molecule has 19 heavy (non-hydrogen) atoms. The summed E-state index contributed by atoms with van der Waals surface area (Å²) in [6.45, 7) is 8.84. The fourth-order valence-electron chi connectivity index (χ4n) is 1.51. The van der Waals surface area contributed by atoms with Crippen molar-refractivity contribution in [2.45, 2.75) is 27.2 Å². The fraction of sp³-hybridized carbons (Fsp3) is 0.533. The minimum absolute atomic E-state index is 0.248. The van der Waals surface area contributed by atoms with Gasteiger partial charge in [0, 0.05) is 13.1 Å². The lowest BCUT2D eigenvalue weighted by Gasteiger charge is -2.22. The van der Waals surface area contributed by atoms with Gasteiger partial charge in [0.2, 0.25) is 0 Å². The van der Waals surface area contributed by atoms with Gasteiger partial charge in [-0.05, 0) is 30.0 Å². The number of carboxylic acid groups (broad SMARTS) is 1. The number of rotatable bonds is 8. The van der Waals surface area contributed by atoms with Crippen molar-refractivity contribution in [2.75, 3.05) is 19.7 Å². The molecule has 2 N–H and O–H groups in total. The third-order valence-corrected chi connectivity index (χ3v) is 3.19. The largest absolute Gasteiger partial charge is 0.492 e. The van der Waals surface area contributed by atoms with Gasteiger partial charge in [-0.2, -0.15) is 0 Å². The van der Waals surface area contributed by atoms with E-state index in [-0.39, 0.29) is 5.56 Å². The monoisotopic (exact) mass is 265 g/mol. The van der Waals surface area contributed by atoms with E-state index in [0.717, 1.165) is 19.5 Å². The highest BCUT2D eigenvalue weighted by atomic mass is 16.5. The summed E-state index contributed by atoms with van der Waals surface area (Å²) in [7, 11) is 0. The Labute approximate surface area is 114 Å². The summed E-state index contributed by atoms with van der Waals surface area (Å²) >= 11 is 0. The number of aromatic carboxylic acids is 1. The molecule has 0 saturated heterocycles. The van der Waals surface area contributed by atoms with Crippen LogP contribution in [0.4, 0.5) is 0 Å². The molecule has 0 aromatic heterocycles. The second-order valence-electron chi connectivity index (χ2n) is 5.38. The van der Waals surface area contributed by atoms with Crippen LogP contribution in [0.2, 0.25) is 0 Å². The molecule has 0 unspecified atom stereocenters. The van der Waals surface area contributed by atoms with E-state index >= 15 is 0 Å². The Balaban J connectivity index is 2.30. The van der Waals surface area contributed by atoms with Gasteiger partial charge in [0.05, 0.1) is 5.56 Å². The van der Waals surface area contributed by atoms with Gasteiger partial charge in [-0.1, -0.05) is 26.8 Å². The van der Waals surface area contributed by atoms with Crippen molar-refractivity contribution in [1.82, 2.24) is 5.32 Å². The van der Waals surface area contributed by atoms with E-state index in [9.17, 15) is 4.79 Å². The maximum atomic E-state index is 10.8. The first-order valence-corrected chi connectivity index (χ1v) is 6.61. The van der Waals surface area contributed by atoms with Gasteiger partial charge in [0.25, 0.3) is 0 Å². The number of hydrogen-bond donors (Lipinski definition) is 2. The predicted octanol–water partition coefficient (Wildman–Crippen LogP) is 2.79. The van der Waals surface area contributed by atoms with Crippen LogP contribution < -0.4 is 10.1 Å². The second-order valence-corrected chi connectivity index (χ2v) is 5.38. The van der Waals surface area contributed by atoms with Crippen molar-refractivity contribution >= 4 is 5.97 Å². The number of hydrogen-bond acceptors (Lipinski definition) is 3. The second kappa shape index (κ2) is 7.14. The van der Waals surface area contributed by atoms with Crippen LogP contribution in [0.1, 0.15) is 37.6 Å². The molecule has 0 atom stereocenters. The standard InChI is InChI=1S/C15H23NO3/c1-4-15(2,3)11-16-8-9-19-13-7-5-6-12(10-13)14(17)18/h5-7,10,16H,4,8-9,11H2,1-3H3,(H,17,18). The third-order valence-electron chi connectivity index (χ3n) is 3.19. The lowest BCUT2D eigenvalue weighted by Crippen LogP contribution is -2.31. The molecular formula is C15H23NO3. The van der Waals surface area contributed by atoms with Crippen LogP contribution in [0.15, 0.2) is 24.3 Å². The van der Waals surface area contributed by atoms with E-state index in [0.29, 0.717) is 17.8 Å². The highest BCUT2D eigenvalue weighted by Gasteiger charge is 2.13. The zero-order valence-corrected chi connectivity index (χ0v) is 11.9. The Morgan fingerprint density at radius 2 is 2.16 bits per heavy atom. The predicted molar refractivity (Wildman–Crippen MR) is 75.8 cm³/mol. The normalized spacial score (nSPS) is 11.3. The van der Waals surface area contributed by atoms with Gasteiger partial charge in [0.15, 0.2) is 0 Å². The lowest BCUT2D eigenvalue weighted by atomic mass is 9.90. The molecule has 0 saturated carbocycles. The summed E-state index contributed by atoms with van der Waals surface area (Å²) in [5.41, 5.74) is 0.543. The zero-order valence-electron chi connectivity index (χ0n) is 11.9. The average Bonchev–Trinajstić information content (AvgIpc) is 2.38. The van der Waals surface area contributed by atoms with Crippen molar-refractivity contribution in [3.63, 3.8) is 0 Å². The molecule has 1 aromatic carbocycles. The maximum absolute atomic E-state index is 10.8. The van der Waals surface area contributed by atoms with Crippen LogP contribution in [-0.2, 0) is 0 Å². The Bertz CT molecular complexity index is 416. The van der Waals surface area contributed by atoms with E-state index in [1.54, 1.807) is 18.2 Å². The zero-order chi connectivity index (χ0) is 14.3. The Morgan fingerprint density at radius 1 is 1.42 bits per heavy atom. The fourth-order valence-corrected chi connectivity index (χ4v) is 1.51. The number of benzene rings is 1. The van der Waals surface area contributed by atoms with Crippen molar-refractivity contribution in [3.05, 3.63) is 29.8 Å². The molecule has 0 spiro atoms. The topological polar surface area (TPSA) is 58.6 Å². The molecule has 106 valence electrons. The van der Waals surface area contributed by atoms with Gasteiger partial charge in [-0.15, -0.1) is 0 Å². The molecule has 1 aromatic rings. The van der Waals surface area contributed by atoms with Crippen molar-refractivity contribution in [3.8, 4) is 5.75 Å². The molecule has 0 aliphatic carbocycles. The molecule has 1 rings (SSSR count). The summed E-state index contributed by atoms with van der Waals surface area (Å²) in [5.74, 6) is -0.343. The quantitative estimate of drug-likeness (QED) is 0.710. The molecule has 0 amide bonds. The Kier molecular flexibility index (Phi) is 5.83. The third kappa shape index (κ3) is 5.75. The first-order valence-electron chi connectivity index (χ1n) is 6.61. The molecule has 4 nitrogen and oxygen atoms in total. The van der Waals surface area contributed by atoms with Crippen LogP contribution in [0, 0.1) is 5.41 Å². The summed E-state index contributed by atoms with van der Waals surface area (Å²) in [5, 5.41) is 12.2. The molecule has 4 heteroatoms. The molecule has 0 aliphatic rings. The van der Waals surface area contributed by atoms with Crippen LogP contribution >= 0.6 is 0 Å². The molecule has 0 fully saturated rings. The Hall–Kier alpha value is -1.55. The molecule has 0 radical (unpaired) electrons. The van der Waals surface area contributed by atoms with E-state index in [4.69, 9.17) is 9.84 Å².